The van der Waals surface area contributed by atoms with Crippen LogP contribution in [0.15, 0.2) is 0 Å². The van der Waals surface area contributed by atoms with E-state index in [2.05, 4.69) is 4.90 Å². The van der Waals surface area contributed by atoms with Crippen LogP contribution in [0, 0.1) is 5.92 Å². The smallest absolute Gasteiger partial charge is 0.0802 e. The maximum absolute atomic E-state index is 9.40. The first kappa shape index (κ1) is 12.2. The van der Waals surface area contributed by atoms with Gasteiger partial charge in [-0.2, -0.15) is 0 Å². The number of halogens is 1. The average Bonchev–Trinajstić information content (AvgIpc) is 2.18. The Morgan fingerprint density at radius 2 is 1.93 bits per heavy atom. The highest BCUT2D eigenvalue weighted by atomic mass is 35.5. The number of aliphatic hydroxyl groups is 2. The van der Waals surface area contributed by atoms with Gasteiger partial charge in [0.05, 0.1) is 12.2 Å². The normalized spacial score (nSPS) is 24.9. The Morgan fingerprint density at radius 1 is 1.36 bits per heavy atom. The Balaban J connectivity index is 2.22. The van der Waals surface area contributed by atoms with E-state index < -0.39 is 6.10 Å². The summed E-state index contributed by atoms with van der Waals surface area (Å²) in [6.45, 7) is 4.44. The molecule has 1 fully saturated rings. The minimum Gasteiger partial charge on any atom is -0.393 e. The minimum absolute atomic E-state index is 0.199. The summed E-state index contributed by atoms with van der Waals surface area (Å²) in [5, 5.41) is 18.8. The molecule has 0 bridgehead atoms. The van der Waals surface area contributed by atoms with Gasteiger partial charge in [-0.3, -0.25) is 0 Å². The molecule has 1 rings (SSSR count). The first-order chi connectivity index (χ1) is 6.63. The fraction of sp³-hybridized carbons (Fsp3) is 1.00. The van der Waals surface area contributed by atoms with Crippen molar-refractivity contribution in [3.63, 3.8) is 0 Å². The van der Waals surface area contributed by atoms with Gasteiger partial charge >= 0.3 is 0 Å². The number of rotatable bonds is 4. The highest BCUT2D eigenvalue weighted by molar-refractivity contribution is 6.18. The van der Waals surface area contributed by atoms with Crippen molar-refractivity contribution in [2.45, 2.75) is 32.0 Å². The fourth-order valence-corrected chi connectivity index (χ4v) is 2.06. The van der Waals surface area contributed by atoms with Gasteiger partial charge in [0.15, 0.2) is 0 Å². The Hall–Kier alpha value is 0.170. The molecule has 2 N–H and O–H groups in total. The third kappa shape index (κ3) is 3.73. The second kappa shape index (κ2) is 5.91. The monoisotopic (exact) mass is 221 g/mol. The predicted octanol–water partition coefficient (Wildman–Crippen LogP) is 0.679. The lowest BCUT2D eigenvalue weighted by atomic mass is 9.92. The lowest BCUT2D eigenvalue weighted by Gasteiger charge is -2.33. The number of nitrogens with zero attached hydrogens (tertiary/aromatic N) is 1. The van der Waals surface area contributed by atoms with Gasteiger partial charge in [0.2, 0.25) is 0 Å². The van der Waals surface area contributed by atoms with E-state index in [1.807, 2.05) is 6.92 Å². The third-order valence-electron chi connectivity index (χ3n) is 2.96. The van der Waals surface area contributed by atoms with Gasteiger partial charge in [-0.15, -0.1) is 11.6 Å². The van der Waals surface area contributed by atoms with Crippen LogP contribution in [0.5, 0.6) is 0 Å². The van der Waals surface area contributed by atoms with Crippen LogP contribution in [-0.4, -0.2) is 52.8 Å². The summed E-state index contributed by atoms with van der Waals surface area (Å²) in [4.78, 5) is 2.21. The summed E-state index contributed by atoms with van der Waals surface area (Å²) >= 11 is 5.53. The summed E-state index contributed by atoms with van der Waals surface area (Å²) in [5.41, 5.74) is 0. The van der Waals surface area contributed by atoms with Crippen LogP contribution in [0.1, 0.15) is 19.8 Å². The van der Waals surface area contributed by atoms with Gasteiger partial charge in [0.1, 0.15) is 0 Å². The number of likely N-dealkylation sites (tertiary alicyclic amines) is 1. The third-order valence-corrected chi connectivity index (χ3v) is 3.32. The molecule has 0 amide bonds. The SMILES string of the molecule is CC(O)C1CCN(CC(O)CCl)CC1. The quantitative estimate of drug-likeness (QED) is 0.687. The van der Waals surface area contributed by atoms with Gasteiger partial charge in [-0.25, -0.2) is 0 Å². The van der Waals surface area contributed by atoms with Crippen molar-refractivity contribution >= 4 is 11.6 Å². The van der Waals surface area contributed by atoms with Crippen molar-refractivity contribution in [2.75, 3.05) is 25.5 Å². The summed E-state index contributed by atoms with van der Waals surface area (Å²) < 4.78 is 0. The van der Waals surface area contributed by atoms with Gasteiger partial charge in [-0.05, 0) is 38.8 Å². The van der Waals surface area contributed by atoms with Gasteiger partial charge < -0.3 is 15.1 Å². The Morgan fingerprint density at radius 3 is 2.36 bits per heavy atom. The molecule has 14 heavy (non-hydrogen) atoms. The van der Waals surface area contributed by atoms with E-state index in [9.17, 15) is 10.2 Å². The predicted molar refractivity (Wildman–Crippen MR) is 57.6 cm³/mol. The lowest BCUT2D eigenvalue weighted by molar-refractivity contribution is 0.0535. The van der Waals surface area contributed by atoms with E-state index in [1.54, 1.807) is 0 Å². The number of piperidine rings is 1. The van der Waals surface area contributed by atoms with E-state index in [0.717, 1.165) is 25.9 Å². The van der Waals surface area contributed by atoms with E-state index >= 15 is 0 Å². The number of β-amino-alcohol motifs (C(OH)–C–C–N with tert-alkyl or cyclic N) is 1. The second-order valence-electron chi connectivity index (χ2n) is 4.19. The maximum Gasteiger partial charge on any atom is 0.0802 e. The van der Waals surface area contributed by atoms with Crippen LogP contribution < -0.4 is 0 Å². The standard InChI is InChI=1S/C10H20ClNO2/c1-8(13)9-2-4-12(5-3-9)7-10(14)6-11/h8-10,13-14H,2-7H2,1H3. The molecule has 0 aliphatic carbocycles. The zero-order chi connectivity index (χ0) is 10.6. The Labute approximate surface area is 90.7 Å². The molecular formula is C10H20ClNO2. The van der Waals surface area contributed by atoms with Gasteiger partial charge in [0.25, 0.3) is 0 Å². The number of hydrogen-bond acceptors (Lipinski definition) is 3. The lowest BCUT2D eigenvalue weighted by Crippen LogP contribution is -2.41. The molecule has 2 atom stereocenters. The van der Waals surface area contributed by atoms with Crippen molar-refractivity contribution in [1.29, 1.82) is 0 Å². The number of hydrogen-bond donors (Lipinski definition) is 2. The molecule has 0 aromatic carbocycles. The van der Waals surface area contributed by atoms with Crippen LogP contribution in [0.25, 0.3) is 0 Å². The molecule has 1 aliphatic heterocycles. The first-order valence-electron chi connectivity index (χ1n) is 5.28. The van der Waals surface area contributed by atoms with Crippen molar-refractivity contribution < 1.29 is 10.2 Å². The fourth-order valence-electron chi connectivity index (χ4n) is 1.96. The molecule has 0 spiro atoms. The molecule has 3 nitrogen and oxygen atoms in total. The minimum atomic E-state index is -0.417. The van der Waals surface area contributed by atoms with Crippen molar-refractivity contribution in [2.24, 2.45) is 5.92 Å². The molecule has 1 aliphatic rings. The van der Waals surface area contributed by atoms with Crippen LogP contribution in [0.4, 0.5) is 0 Å². The summed E-state index contributed by atoms with van der Waals surface area (Å²) in [7, 11) is 0. The van der Waals surface area contributed by atoms with Crippen LogP contribution >= 0.6 is 11.6 Å². The zero-order valence-electron chi connectivity index (χ0n) is 8.69. The summed E-state index contributed by atoms with van der Waals surface area (Å²) in [6.07, 6.45) is 1.43. The van der Waals surface area contributed by atoms with E-state index in [-0.39, 0.29) is 6.10 Å². The highest BCUT2D eigenvalue weighted by Gasteiger charge is 2.23. The van der Waals surface area contributed by atoms with E-state index in [0.29, 0.717) is 18.3 Å². The van der Waals surface area contributed by atoms with Gasteiger partial charge in [0, 0.05) is 12.4 Å². The second-order valence-corrected chi connectivity index (χ2v) is 4.50. The topological polar surface area (TPSA) is 43.7 Å². The van der Waals surface area contributed by atoms with Crippen LogP contribution in [0.2, 0.25) is 0 Å². The summed E-state index contributed by atoms with van der Waals surface area (Å²) in [6, 6.07) is 0. The van der Waals surface area contributed by atoms with Crippen molar-refractivity contribution in [3.8, 4) is 0 Å². The molecular weight excluding hydrogens is 202 g/mol. The van der Waals surface area contributed by atoms with Crippen molar-refractivity contribution in [3.05, 3.63) is 0 Å². The molecule has 84 valence electrons. The largest absolute Gasteiger partial charge is 0.393 e. The molecule has 0 aromatic rings. The zero-order valence-corrected chi connectivity index (χ0v) is 9.45. The first-order valence-corrected chi connectivity index (χ1v) is 5.81. The summed E-state index contributed by atoms with van der Waals surface area (Å²) in [5.74, 6) is 0.732. The van der Waals surface area contributed by atoms with E-state index in [4.69, 9.17) is 11.6 Å². The van der Waals surface area contributed by atoms with Gasteiger partial charge in [-0.1, -0.05) is 0 Å². The highest BCUT2D eigenvalue weighted by Crippen LogP contribution is 2.20. The molecule has 1 saturated heterocycles. The average molecular weight is 222 g/mol. The molecule has 1 heterocycles. The number of aliphatic hydroxyl groups excluding tert-OH is 2. The van der Waals surface area contributed by atoms with E-state index in [1.165, 1.54) is 0 Å². The molecule has 4 heteroatoms. The molecule has 2 unspecified atom stereocenters. The Bertz CT molecular complexity index is 158. The molecule has 0 saturated carbocycles. The van der Waals surface area contributed by atoms with Crippen LogP contribution in [0.3, 0.4) is 0 Å². The van der Waals surface area contributed by atoms with Crippen molar-refractivity contribution in [1.82, 2.24) is 4.90 Å². The van der Waals surface area contributed by atoms with Crippen LogP contribution in [-0.2, 0) is 0 Å². The molecule has 0 radical (unpaired) electrons. The maximum atomic E-state index is 9.40. The molecule has 0 aromatic heterocycles. The Kier molecular flexibility index (Phi) is 5.17. The number of alkyl halides is 1.